The highest BCUT2D eigenvalue weighted by atomic mass is 16.5. The van der Waals surface area contributed by atoms with Gasteiger partial charge in [0.25, 0.3) is 5.91 Å². The van der Waals surface area contributed by atoms with Gasteiger partial charge in [-0.15, -0.1) is 0 Å². The minimum Gasteiger partial charge on any atom is -0.381 e. The summed E-state index contributed by atoms with van der Waals surface area (Å²) < 4.78 is 9.00. The van der Waals surface area contributed by atoms with E-state index in [9.17, 15) is 4.79 Å². The molecule has 0 spiro atoms. The maximum Gasteiger partial charge on any atom is 0.269 e. The molecule has 36 heavy (non-hydrogen) atoms. The lowest BCUT2D eigenvalue weighted by atomic mass is 9.96. The number of pyridine rings is 1. The van der Waals surface area contributed by atoms with Crippen molar-refractivity contribution in [3.63, 3.8) is 0 Å². The van der Waals surface area contributed by atoms with Crippen LogP contribution >= 0.6 is 0 Å². The number of amides is 1. The Hall–Kier alpha value is -3.78. The molecule has 1 saturated heterocycles. The molecule has 0 radical (unpaired) electrons. The van der Waals surface area contributed by atoms with E-state index in [1.807, 2.05) is 44.7 Å². The molecule has 0 aliphatic carbocycles. The van der Waals surface area contributed by atoms with E-state index in [-0.39, 0.29) is 5.91 Å². The van der Waals surface area contributed by atoms with Crippen LogP contribution in [0.1, 0.15) is 40.0 Å². The van der Waals surface area contributed by atoms with Gasteiger partial charge in [0.15, 0.2) is 0 Å². The van der Waals surface area contributed by atoms with Crippen molar-refractivity contribution in [3.05, 3.63) is 77.2 Å². The van der Waals surface area contributed by atoms with Gasteiger partial charge in [0.05, 0.1) is 11.4 Å². The number of benzene rings is 1. The molecule has 1 fully saturated rings. The third-order valence-electron chi connectivity index (χ3n) is 6.82. The van der Waals surface area contributed by atoms with Crippen LogP contribution in [0.25, 0.3) is 22.6 Å². The first-order chi connectivity index (χ1) is 17.5. The standard InChI is InChI=1S/C28H32N6O2/c1-19-23(16-20-4-6-22(7-5-20)24-8-12-33(2)31-24)17-26(30-27(19)25-9-13-34(3)32-25)28(35)29-18-21-10-14-36-15-11-21/h4-9,12-13,17,21H,10-11,14-16,18H2,1-3H3,(H,29,35). The van der Waals surface area contributed by atoms with E-state index in [1.165, 1.54) is 0 Å². The minimum atomic E-state index is -0.148. The first-order valence-corrected chi connectivity index (χ1v) is 12.4. The first-order valence-electron chi connectivity index (χ1n) is 12.4. The van der Waals surface area contributed by atoms with Crippen LogP contribution in [0.2, 0.25) is 0 Å². The fraction of sp³-hybridized carbons (Fsp3) is 0.357. The summed E-state index contributed by atoms with van der Waals surface area (Å²) in [4.78, 5) is 17.9. The number of nitrogens with zero attached hydrogens (tertiary/aromatic N) is 5. The summed E-state index contributed by atoms with van der Waals surface area (Å²) in [5.74, 6) is 0.297. The third-order valence-corrected chi connectivity index (χ3v) is 6.82. The molecule has 1 amide bonds. The van der Waals surface area contributed by atoms with Crippen molar-refractivity contribution in [2.45, 2.75) is 26.2 Å². The van der Waals surface area contributed by atoms with Crippen molar-refractivity contribution in [2.24, 2.45) is 20.0 Å². The van der Waals surface area contributed by atoms with Gasteiger partial charge in [-0.05, 0) is 67.0 Å². The van der Waals surface area contributed by atoms with Gasteiger partial charge in [-0.2, -0.15) is 10.2 Å². The summed E-state index contributed by atoms with van der Waals surface area (Å²) in [5, 5.41) is 12.1. The van der Waals surface area contributed by atoms with Gasteiger partial charge in [-0.25, -0.2) is 4.98 Å². The average Bonchev–Trinajstić information content (AvgIpc) is 3.53. The number of carbonyl (C=O) groups is 1. The third kappa shape index (κ3) is 5.39. The Morgan fingerprint density at radius 2 is 1.67 bits per heavy atom. The van der Waals surface area contributed by atoms with Gasteiger partial charge in [0, 0.05) is 51.8 Å². The normalized spacial score (nSPS) is 14.2. The number of hydrogen-bond acceptors (Lipinski definition) is 5. The van der Waals surface area contributed by atoms with Gasteiger partial charge in [-0.1, -0.05) is 24.3 Å². The van der Waals surface area contributed by atoms with Crippen LogP contribution < -0.4 is 5.32 Å². The molecule has 8 heteroatoms. The number of nitrogens with one attached hydrogen (secondary N) is 1. The molecule has 0 unspecified atom stereocenters. The van der Waals surface area contributed by atoms with E-state index in [0.717, 1.165) is 65.4 Å². The van der Waals surface area contributed by atoms with Crippen LogP contribution in [-0.2, 0) is 25.3 Å². The zero-order chi connectivity index (χ0) is 25.1. The van der Waals surface area contributed by atoms with Gasteiger partial charge in [0.1, 0.15) is 11.4 Å². The largest absolute Gasteiger partial charge is 0.381 e. The second kappa shape index (κ2) is 10.5. The topological polar surface area (TPSA) is 86.9 Å². The summed E-state index contributed by atoms with van der Waals surface area (Å²) in [7, 11) is 3.80. The molecule has 1 N–H and O–H groups in total. The smallest absolute Gasteiger partial charge is 0.269 e. The molecule has 3 aromatic heterocycles. The summed E-state index contributed by atoms with van der Waals surface area (Å²) >= 11 is 0. The van der Waals surface area contributed by atoms with Crippen molar-refractivity contribution < 1.29 is 9.53 Å². The van der Waals surface area contributed by atoms with Crippen molar-refractivity contribution in [3.8, 4) is 22.6 Å². The molecule has 4 heterocycles. The molecule has 0 saturated carbocycles. The zero-order valence-electron chi connectivity index (χ0n) is 21.1. The lowest BCUT2D eigenvalue weighted by Gasteiger charge is -2.22. The predicted octanol–water partition coefficient (Wildman–Crippen LogP) is 3.94. The van der Waals surface area contributed by atoms with Gasteiger partial charge >= 0.3 is 0 Å². The van der Waals surface area contributed by atoms with Gasteiger partial charge in [0.2, 0.25) is 0 Å². The maximum atomic E-state index is 13.2. The van der Waals surface area contributed by atoms with Gasteiger partial charge in [-0.3, -0.25) is 14.2 Å². The van der Waals surface area contributed by atoms with Crippen LogP contribution in [0.5, 0.6) is 0 Å². The van der Waals surface area contributed by atoms with E-state index in [4.69, 9.17) is 9.72 Å². The number of aryl methyl sites for hydroxylation is 2. The van der Waals surface area contributed by atoms with Crippen LogP contribution in [0.15, 0.2) is 54.9 Å². The summed E-state index contributed by atoms with van der Waals surface area (Å²) in [6.45, 7) is 4.21. The van der Waals surface area contributed by atoms with E-state index in [1.54, 1.807) is 9.36 Å². The predicted molar refractivity (Wildman–Crippen MR) is 139 cm³/mol. The van der Waals surface area contributed by atoms with E-state index >= 15 is 0 Å². The van der Waals surface area contributed by atoms with Crippen LogP contribution in [-0.4, -0.2) is 50.2 Å². The average molecular weight is 485 g/mol. The highest BCUT2D eigenvalue weighted by Gasteiger charge is 2.19. The SMILES string of the molecule is Cc1c(Cc2ccc(-c3ccn(C)n3)cc2)cc(C(=O)NCC2CCOCC2)nc1-c1ccn(C)n1. The molecule has 5 rings (SSSR count). The molecular weight excluding hydrogens is 452 g/mol. The number of carbonyl (C=O) groups excluding carboxylic acids is 1. The number of rotatable bonds is 7. The molecular formula is C28H32N6O2. The Kier molecular flexibility index (Phi) is 6.95. The van der Waals surface area contributed by atoms with Crippen LogP contribution in [0, 0.1) is 12.8 Å². The zero-order valence-corrected chi connectivity index (χ0v) is 21.1. The summed E-state index contributed by atoms with van der Waals surface area (Å²) in [5.41, 5.74) is 7.21. The van der Waals surface area contributed by atoms with Gasteiger partial charge < -0.3 is 10.1 Å². The molecule has 186 valence electrons. The van der Waals surface area contributed by atoms with Crippen LogP contribution in [0.4, 0.5) is 0 Å². The Balaban J connectivity index is 1.41. The Labute approximate surface area is 211 Å². The molecule has 8 nitrogen and oxygen atoms in total. The number of aromatic nitrogens is 5. The molecule has 1 aromatic carbocycles. The molecule has 1 aliphatic rings. The highest BCUT2D eigenvalue weighted by molar-refractivity contribution is 5.93. The monoisotopic (exact) mass is 484 g/mol. The first kappa shape index (κ1) is 23.9. The Morgan fingerprint density at radius 3 is 2.31 bits per heavy atom. The highest BCUT2D eigenvalue weighted by Crippen LogP contribution is 2.26. The minimum absolute atomic E-state index is 0.148. The number of ether oxygens (including phenoxy) is 1. The Morgan fingerprint density at radius 1 is 1.00 bits per heavy atom. The molecule has 0 bridgehead atoms. The maximum absolute atomic E-state index is 13.2. The lowest BCUT2D eigenvalue weighted by molar-refractivity contribution is 0.0642. The van der Waals surface area contributed by atoms with Crippen molar-refractivity contribution >= 4 is 5.91 Å². The second-order valence-electron chi connectivity index (χ2n) is 9.53. The van der Waals surface area contributed by atoms with Crippen molar-refractivity contribution in [1.29, 1.82) is 0 Å². The molecule has 0 atom stereocenters. The van der Waals surface area contributed by atoms with E-state index in [2.05, 4.69) is 46.7 Å². The fourth-order valence-corrected chi connectivity index (χ4v) is 4.61. The summed E-state index contributed by atoms with van der Waals surface area (Å²) in [6, 6.07) is 14.3. The Bertz CT molecular complexity index is 1350. The second-order valence-corrected chi connectivity index (χ2v) is 9.53. The molecule has 4 aromatic rings. The quantitative estimate of drug-likeness (QED) is 0.429. The fourth-order valence-electron chi connectivity index (χ4n) is 4.61. The van der Waals surface area contributed by atoms with Crippen molar-refractivity contribution in [2.75, 3.05) is 19.8 Å². The lowest BCUT2D eigenvalue weighted by Crippen LogP contribution is -2.32. The van der Waals surface area contributed by atoms with E-state index < -0.39 is 0 Å². The number of hydrogen-bond donors (Lipinski definition) is 1. The molecule has 1 aliphatic heterocycles. The summed E-state index contributed by atoms with van der Waals surface area (Å²) in [6.07, 6.45) is 6.47. The van der Waals surface area contributed by atoms with E-state index in [0.29, 0.717) is 24.6 Å². The van der Waals surface area contributed by atoms with Crippen molar-refractivity contribution in [1.82, 2.24) is 29.9 Å². The van der Waals surface area contributed by atoms with Crippen LogP contribution in [0.3, 0.4) is 0 Å².